The largest absolute Gasteiger partial charge is 0.363 e. The first-order valence-corrected chi connectivity index (χ1v) is 6.54. The zero-order chi connectivity index (χ0) is 13.7. The van der Waals surface area contributed by atoms with E-state index in [9.17, 15) is 4.79 Å². The van der Waals surface area contributed by atoms with Crippen LogP contribution in [0.3, 0.4) is 0 Å². The summed E-state index contributed by atoms with van der Waals surface area (Å²) in [5.41, 5.74) is 0.929. The Hall–Kier alpha value is -1.81. The summed E-state index contributed by atoms with van der Waals surface area (Å²) in [5.74, 6) is 0.841. The number of rotatable bonds is 2. The van der Waals surface area contributed by atoms with Crippen LogP contribution in [0, 0.1) is 0 Å². The monoisotopic (exact) mass is 277 g/mol. The van der Waals surface area contributed by atoms with E-state index in [1.807, 2.05) is 30.1 Å². The Labute approximate surface area is 117 Å². The molecule has 1 heterocycles. The summed E-state index contributed by atoms with van der Waals surface area (Å²) < 4.78 is 0. The molecule has 1 aromatic carbocycles. The number of nitrogens with zero attached hydrogens (tertiary/aromatic N) is 2. The average molecular weight is 278 g/mol. The first kappa shape index (κ1) is 13.6. The van der Waals surface area contributed by atoms with Crippen molar-refractivity contribution in [3.05, 3.63) is 41.1 Å². The fourth-order valence-electron chi connectivity index (χ4n) is 1.90. The number of amidine groups is 1. The van der Waals surface area contributed by atoms with Gasteiger partial charge in [-0.2, -0.15) is 4.99 Å². The van der Waals surface area contributed by atoms with Gasteiger partial charge >= 0.3 is 6.03 Å². The van der Waals surface area contributed by atoms with E-state index >= 15 is 0 Å². The minimum Gasteiger partial charge on any atom is -0.363 e. The van der Waals surface area contributed by atoms with Crippen molar-refractivity contribution in [2.24, 2.45) is 4.99 Å². The van der Waals surface area contributed by atoms with E-state index in [-0.39, 0.29) is 6.03 Å². The number of nitrogens with one attached hydrogen (secondary N) is 1. The van der Waals surface area contributed by atoms with Gasteiger partial charge in [-0.3, -0.25) is 0 Å². The molecular weight excluding hydrogens is 262 g/mol. The van der Waals surface area contributed by atoms with Gasteiger partial charge in [0.2, 0.25) is 0 Å². The van der Waals surface area contributed by atoms with Crippen molar-refractivity contribution in [1.29, 1.82) is 0 Å². The Morgan fingerprint density at radius 2 is 2.37 bits per heavy atom. The first-order chi connectivity index (χ1) is 9.15. The predicted octanol–water partition coefficient (Wildman–Crippen LogP) is 3.14. The van der Waals surface area contributed by atoms with Crippen LogP contribution in [-0.2, 0) is 0 Å². The Bertz CT molecular complexity index is 525. The maximum Gasteiger partial charge on any atom is 0.346 e. The molecule has 1 aromatic rings. The number of halogens is 1. The van der Waals surface area contributed by atoms with Crippen LogP contribution >= 0.6 is 11.6 Å². The molecule has 4 nitrogen and oxygen atoms in total. The summed E-state index contributed by atoms with van der Waals surface area (Å²) in [4.78, 5) is 17.6. The zero-order valence-electron chi connectivity index (χ0n) is 10.8. The SMILES string of the molecule is CN1CCC/C1=N/C(=O)N/C=C/c1cccc(Cl)c1. The van der Waals surface area contributed by atoms with E-state index in [2.05, 4.69) is 10.3 Å². The molecule has 1 aliphatic heterocycles. The van der Waals surface area contributed by atoms with Gasteiger partial charge in [0.15, 0.2) is 0 Å². The highest BCUT2D eigenvalue weighted by atomic mass is 35.5. The van der Waals surface area contributed by atoms with Crippen LogP contribution in [0.1, 0.15) is 18.4 Å². The summed E-state index contributed by atoms with van der Waals surface area (Å²) in [7, 11) is 1.95. The highest BCUT2D eigenvalue weighted by Gasteiger charge is 2.14. The lowest BCUT2D eigenvalue weighted by molar-refractivity contribution is 0.252. The van der Waals surface area contributed by atoms with Crippen LogP contribution in [0.25, 0.3) is 6.08 Å². The molecule has 1 fully saturated rings. The Morgan fingerprint density at radius 1 is 1.53 bits per heavy atom. The number of carbonyl (C=O) groups excluding carboxylic acids is 1. The Morgan fingerprint density at radius 3 is 3.05 bits per heavy atom. The lowest BCUT2D eigenvalue weighted by Gasteiger charge is -2.09. The molecule has 0 saturated carbocycles. The van der Waals surface area contributed by atoms with Crippen LogP contribution in [0.5, 0.6) is 0 Å². The molecule has 0 radical (unpaired) electrons. The molecule has 2 amide bonds. The van der Waals surface area contributed by atoms with Crippen molar-refractivity contribution in [2.45, 2.75) is 12.8 Å². The highest BCUT2D eigenvalue weighted by Crippen LogP contribution is 2.11. The second kappa shape index (κ2) is 6.38. The molecule has 5 heteroatoms. The fourth-order valence-corrected chi connectivity index (χ4v) is 2.10. The van der Waals surface area contributed by atoms with Crippen molar-refractivity contribution < 1.29 is 4.79 Å². The van der Waals surface area contributed by atoms with E-state index in [4.69, 9.17) is 11.6 Å². The van der Waals surface area contributed by atoms with Gasteiger partial charge in [0.1, 0.15) is 5.84 Å². The van der Waals surface area contributed by atoms with Crippen LogP contribution in [0.4, 0.5) is 4.79 Å². The van der Waals surface area contributed by atoms with Crippen molar-refractivity contribution in [3.8, 4) is 0 Å². The number of likely N-dealkylation sites (tertiary alicyclic amines) is 1. The summed E-state index contributed by atoms with van der Waals surface area (Å²) in [6.45, 7) is 0.963. The topological polar surface area (TPSA) is 44.7 Å². The van der Waals surface area contributed by atoms with Crippen LogP contribution in [0.15, 0.2) is 35.5 Å². The van der Waals surface area contributed by atoms with Crippen LogP contribution in [-0.4, -0.2) is 30.4 Å². The summed E-state index contributed by atoms with van der Waals surface area (Å²) >= 11 is 5.87. The summed E-state index contributed by atoms with van der Waals surface area (Å²) in [6, 6.07) is 7.05. The van der Waals surface area contributed by atoms with Crippen molar-refractivity contribution in [3.63, 3.8) is 0 Å². The van der Waals surface area contributed by atoms with E-state index in [0.29, 0.717) is 5.02 Å². The van der Waals surface area contributed by atoms with Gasteiger partial charge in [0.05, 0.1) is 0 Å². The minimum absolute atomic E-state index is 0.345. The number of hydrogen-bond donors (Lipinski definition) is 1. The highest BCUT2D eigenvalue weighted by molar-refractivity contribution is 6.30. The molecule has 1 N–H and O–H groups in total. The molecule has 19 heavy (non-hydrogen) atoms. The molecule has 0 bridgehead atoms. The van der Waals surface area contributed by atoms with Gasteiger partial charge in [0, 0.05) is 31.2 Å². The zero-order valence-corrected chi connectivity index (χ0v) is 11.5. The van der Waals surface area contributed by atoms with Gasteiger partial charge in [-0.05, 0) is 30.2 Å². The second-order valence-electron chi connectivity index (χ2n) is 4.39. The molecule has 2 rings (SSSR count). The smallest absolute Gasteiger partial charge is 0.346 e. The fraction of sp³-hybridized carbons (Fsp3) is 0.286. The molecular formula is C14H16ClN3O. The quantitative estimate of drug-likeness (QED) is 0.902. The third-order valence-corrected chi connectivity index (χ3v) is 3.13. The van der Waals surface area contributed by atoms with Crippen LogP contribution < -0.4 is 5.32 Å². The normalized spacial score (nSPS) is 17.4. The van der Waals surface area contributed by atoms with Gasteiger partial charge in [-0.1, -0.05) is 23.7 Å². The molecule has 100 valence electrons. The molecule has 0 aliphatic carbocycles. The van der Waals surface area contributed by atoms with E-state index in [1.54, 1.807) is 18.3 Å². The maximum absolute atomic E-state index is 11.6. The number of hydrogen-bond acceptors (Lipinski definition) is 1. The maximum atomic E-state index is 11.6. The van der Waals surface area contributed by atoms with Gasteiger partial charge in [-0.25, -0.2) is 4.79 Å². The molecule has 0 atom stereocenters. The van der Waals surface area contributed by atoms with Crippen molar-refractivity contribution in [2.75, 3.05) is 13.6 Å². The lowest BCUT2D eigenvalue weighted by Crippen LogP contribution is -2.23. The molecule has 0 spiro atoms. The van der Waals surface area contributed by atoms with E-state index in [1.165, 1.54) is 0 Å². The third-order valence-electron chi connectivity index (χ3n) is 2.90. The lowest BCUT2D eigenvalue weighted by atomic mass is 10.2. The van der Waals surface area contributed by atoms with E-state index < -0.39 is 0 Å². The standard InChI is InChI=1S/C14H16ClN3O/c1-18-9-3-6-13(18)17-14(19)16-8-7-11-4-2-5-12(15)10-11/h2,4-5,7-8,10H,3,6,9H2,1H3,(H,16,19)/b8-7+,17-13-. The van der Waals surface area contributed by atoms with Crippen molar-refractivity contribution in [1.82, 2.24) is 10.2 Å². The number of aliphatic imine (C=N–C) groups is 1. The van der Waals surface area contributed by atoms with Crippen LogP contribution in [0.2, 0.25) is 5.02 Å². The molecule has 1 aliphatic rings. The summed E-state index contributed by atoms with van der Waals surface area (Å²) in [6.07, 6.45) is 5.28. The second-order valence-corrected chi connectivity index (χ2v) is 4.83. The summed E-state index contributed by atoms with van der Waals surface area (Å²) in [5, 5.41) is 3.29. The Kier molecular flexibility index (Phi) is 4.58. The number of amides is 2. The first-order valence-electron chi connectivity index (χ1n) is 6.16. The number of urea groups is 1. The Balaban J connectivity index is 1.90. The van der Waals surface area contributed by atoms with Gasteiger partial charge in [-0.15, -0.1) is 0 Å². The van der Waals surface area contributed by atoms with Gasteiger partial charge in [0.25, 0.3) is 0 Å². The number of benzene rings is 1. The minimum atomic E-state index is -0.345. The molecule has 0 aromatic heterocycles. The third kappa shape index (κ3) is 4.10. The number of carbonyl (C=O) groups is 1. The molecule has 0 unspecified atom stereocenters. The van der Waals surface area contributed by atoms with E-state index in [0.717, 1.165) is 30.8 Å². The average Bonchev–Trinajstić information content (AvgIpc) is 2.75. The predicted molar refractivity (Wildman–Crippen MR) is 78.3 cm³/mol. The molecule has 1 saturated heterocycles. The van der Waals surface area contributed by atoms with Gasteiger partial charge < -0.3 is 10.2 Å². The van der Waals surface area contributed by atoms with Crippen molar-refractivity contribution >= 4 is 29.5 Å².